The van der Waals surface area contributed by atoms with Gasteiger partial charge in [0.1, 0.15) is 0 Å². The van der Waals surface area contributed by atoms with E-state index in [-0.39, 0.29) is 0 Å². The Morgan fingerprint density at radius 3 is 2.64 bits per heavy atom. The zero-order valence-electron chi connectivity index (χ0n) is 7.18. The summed E-state index contributed by atoms with van der Waals surface area (Å²) in [5, 5.41) is 0. The minimum Gasteiger partial charge on any atom is -0.330 e. The van der Waals surface area contributed by atoms with E-state index >= 15 is 0 Å². The largest absolute Gasteiger partial charge is 0.330 e. The fourth-order valence-corrected chi connectivity index (χ4v) is 2.29. The Hall–Kier alpha value is 0.0500. The van der Waals surface area contributed by atoms with E-state index in [0.717, 1.165) is 13.0 Å². The van der Waals surface area contributed by atoms with Crippen molar-refractivity contribution in [2.75, 3.05) is 12.8 Å². The summed E-state index contributed by atoms with van der Waals surface area (Å²) in [4.78, 5) is 0. The van der Waals surface area contributed by atoms with E-state index < -0.39 is 0 Å². The molecule has 1 saturated carbocycles. The van der Waals surface area contributed by atoms with E-state index in [1.807, 2.05) is 11.8 Å². The van der Waals surface area contributed by atoms with Gasteiger partial charge >= 0.3 is 0 Å². The average molecular weight is 171 g/mol. The zero-order valence-corrected chi connectivity index (χ0v) is 7.99. The van der Waals surface area contributed by atoms with Crippen molar-refractivity contribution in [3.63, 3.8) is 0 Å². The van der Waals surface area contributed by atoms with Gasteiger partial charge in [-0.1, -0.05) is 18.6 Å². The zero-order chi connectivity index (χ0) is 8.16. The molecule has 0 saturated heterocycles. The molecule has 2 N–H and O–H groups in total. The predicted molar refractivity (Wildman–Crippen MR) is 52.9 cm³/mol. The maximum Gasteiger partial charge on any atom is 0.0336 e. The van der Waals surface area contributed by atoms with E-state index in [2.05, 4.69) is 18.4 Å². The van der Waals surface area contributed by atoms with Gasteiger partial charge in [-0.25, -0.2) is 0 Å². The molecule has 0 heterocycles. The molecule has 64 valence electrons. The molecule has 1 fully saturated rings. The first-order chi connectivity index (χ1) is 5.33. The Morgan fingerprint density at radius 2 is 2.27 bits per heavy atom. The van der Waals surface area contributed by atoms with Gasteiger partial charge in [-0.15, -0.1) is 0 Å². The second-order valence-electron chi connectivity index (χ2n) is 3.10. The molecule has 0 aromatic heterocycles. The van der Waals surface area contributed by atoms with Gasteiger partial charge in [0, 0.05) is 4.75 Å². The van der Waals surface area contributed by atoms with Crippen molar-refractivity contribution in [3.8, 4) is 0 Å². The van der Waals surface area contributed by atoms with Crippen molar-refractivity contribution in [2.24, 2.45) is 5.73 Å². The minimum absolute atomic E-state index is 0.495. The van der Waals surface area contributed by atoms with Gasteiger partial charge in [-0.2, -0.15) is 11.8 Å². The summed E-state index contributed by atoms with van der Waals surface area (Å²) >= 11 is 1.98. The third-order valence-electron chi connectivity index (χ3n) is 2.36. The summed E-state index contributed by atoms with van der Waals surface area (Å²) in [5.74, 6) is 0. The van der Waals surface area contributed by atoms with Gasteiger partial charge in [0.25, 0.3) is 0 Å². The molecule has 0 aromatic carbocycles. The Balaban J connectivity index is 2.31. The van der Waals surface area contributed by atoms with Gasteiger partial charge in [-0.3, -0.25) is 0 Å². The Kier molecular flexibility index (Phi) is 3.46. The lowest BCUT2D eigenvalue weighted by Crippen LogP contribution is -2.30. The molecule has 1 rings (SSSR count). The molecule has 0 bridgehead atoms. The number of nitrogens with two attached hydrogens (primary N) is 1. The summed E-state index contributed by atoms with van der Waals surface area (Å²) in [5.41, 5.74) is 5.40. The van der Waals surface area contributed by atoms with Crippen LogP contribution in [0.15, 0.2) is 12.2 Å². The SMILES string of the molecule is CSC1(/C=C/CCN)CCC1. The normalized spacial score (nSPS) is 22.0. The van der Waals surface area contributed by atoms with Gasteiger partial charge in [-0.05, 0) is 32.1 Å². The average Bonchev–Trinajstić information content (AvgIpc) is 1.95. The van der Waals surface area contributed by atoms with Crippen molar-refractivity contribution in [2.45, 2.75) is 30.4 Å². The van der Waals surface area contributed by atoms with Gasteiger partial charge in [0.15, 0.2) is 0 Å². The van der Waals surface area contributed by atoms with Crippen molar-refractivity contribution in [3.05, 3.63) is 12.2 Å². The molecule has 0 spiro atoms. The molecule has 0 atom stereocenters. The maximum absolute atomic E-state index is 5.40. The molecule has 11 heavy (non-hydrogen) atoms. The van der Waals surface area contributed by atoms with Crippen molar-refractivity contribution in [1.82, 2.24) is 0 Å². The van der Waals surface area contributed by atoms with Crippen LogP contribution in [0.1, 0.15) is 25.7 Å². The first-order valence-corrected chi connectivity index (χ1v) is 5.48. The smallest absolute Gasteiger partial charge is 0.0336 e. The van der Waals surface area contributed by atoms with E-state index in [1.54, 1.807) is 0 Å². The molecule has 1 nitrogen and oxygen atoms in total. The molecule has 0 radical (unpaired) electrons. The van der Waals surface area contributed by atoms with Gasteiger partial charge in [0.2, 0.25) is 0 Å². The highest BCUT2D eigenvalue weighted by Gasteiger charge is 2.32. The van der Waals surface area contributed by atoms with E-state index in [4.69, 9.17) is 5.73 Å². The predicted octanol–water partition coefficient (Wildman–Crippen LogP) is 2.18. The van der Waals surface area contributed by atoms with Crippen LogP contribution in [0.3, 0.4) is 0 Å². The quantitative estimate of drug-likeness (QED) is 0.656. The van der Waals surface area contributed by atoms with Crippen LogP contribution in [0.4, 0.5) is 0 Å². The monoisotopic (exact) mass is 171 g/mol. The summed E-state index contributed by atoms with van der Waals surface area (Å²) in [6, 6.07) is 0. The molecule has 1 aliphatic rings. The van der Waals surface area contributed by atoms with Crippen LogP contribution in [-0.2, 0) is 0 Å². The standard InChI is InChI=1S/C9H17NS/c1-11-9(6-4-7-9)5-2-3-8-10/h2,5H,3-4,6-8,10H2,1H3/b5-2+. The molecule has 2 heteroatoms. The Labute approximate surface area is 73.4 Å². The molecule has 1 aliphatic carbocycles. The van der Waals surface area contributed by atoms with Crippen LogP contribution in [0.25, 0.3) is 0 Å². The Morgan fingerprint density at radius 1 is 1.55 bits per heavy atom. The second-order valence-corrected chi connectivity index (χ2v) is 4.32. The van der Waals surface area contributed by atoms with E-state index in [0.29, 0.717) is 4.75 Å². The third-order valence-corrected chi connectivity index (χ3v) is 3.72. The number of hydrogen-bond donors (Lipinski definition) is 1. The molecule has 0 aliphatic heterocycles. The minimum atomic E-state index is 0.495. The first kappa shape index (κ1) is 9.14. The highest BCUT2D eigenvalue weighted by molar-refractivity contribution is 8.00. The maximum atomic E-state index is 5.40. The Bertz CT molecular complexity index is 133. The number of thioether (sulfide) groups is 1. The van der Waals surface area contributed by atoms with Crippen molar-refractivity contribution >= 4 is 11.8 Å². The van der Waals surface area contributed by atoms with Crippen LogP contribution in [0.5, 0.6) is 0 Å². The lowest BCUT2D eigenvalue weighted by Gasteiger charge is -2.37. The molecular formula is C9H17NS. The van der Waals surface area contributed by atoms with E-state index in [9.17, 15) is 0 Å². The number of rotatable bonds is 4. The van der Waals surface area contributed by atoms with Crippen molar-refractivity contribution < 1.29 is 0 Å². The lowest BCUT2D eigenvalue weighted by atomic mass is 9.84. The van der Waals surface area contributed by atoms with Crippen molar-refractivity contribution in [1.29, 1.82) is 0 Å². The van der Waals surface area contributed by atoms with Crippen LogP contribution in [-0.4, -0.2) is 17.5 Å². The number of hydrogen-bond acceptors (Lipinski definition) is 2. The van der Waals surface area contributed by atoms with Crippen LogP contribution in [0, 0.1) is 0 Å². The summed E-state index contributed by atoms with van der Waals surface area (Å²) < 4.78 is 0.495. The highest BCUT2D eigenvalue weighted by Crippen LogP contribution is 2.43. The van der Waals surface area contributed by atoms with Gasteiger partial charge in [0.05, 0.1) is 0 Å². The van der Waals surface area contributed by atoms with Crippen LogP contribution in [0.2, 0.25) is 0 Å². The van der Waals surface area contributed by atoms with E-state index in [1.165, 1.54) is 19.3 Å². The van der Waals surface area contributed by atoms with Crippen LogP contribution >= 0.6 is 11.8 Å². The fourth-order valence-electron chi connectivity index (χ4n) is 1.36. The first-order valence-electron chi connectivity index (χ1n) is 4.26. The fraction of sp³-hybridized carbons (Fsp3) is 0.778. The lowest BCUT2D eigenvalue weighted by molar-refractivity contribution is 0.431. The second kappa shape index (κ2) is 4.17. The molecule has 0 amide bonds. The summed E-state index contributed by atoms with van der Waals surface area (Å²) in [6.45, 7) is 0.779. The molecule has 0 unspecified atom stereocenters. The summed E-state index contributed by atoms with van der Waals surface area (Å²) in [7, 11) is 0. The topological polar surface area (TPSA) is 26.0 Å². The summed E-state index contributed by atoms with van der Waals surface area (Å²) in [6.07, 6.45) is 11.9. The molecule has 0 aromatic rings. The highest BCUT2D eigenvalue weighted by atomic mass is 32.2. The van der Waals surface area contributed by atoms with Gasteiger partial charge < -0.3 is 5.73 Å². The third kappa shape index (κ3) is 2.24. The van der Waals surface area contributed by atoms with Crippen LogP contribution < -0.4 is 5.73 Å². The molecular weight excluding hydrogens is 154 g/mol.